The number of hydrogen-bond acceptors (Lipinski definition) is 3. The van der Waals surface area contributed by atoms with Crippen LogP contribution in [0.4, 0.5) is 4.79 Å². The quantitative estimate of drug-likeness (QED) is 0.618. The van der Waals surface area contributed by atoms with E-state index in [1.165, 1.54) is 5.56 Å². The van der Waals surface area contributed by atoms with E-state index >= 15 is 0 Å². The second-order valence-corrected chi connectivity index (χ2v) is 4.45. The van der Waals surface area contributed by atoms with E-state index < -0.39 is 6.09 Å². The summed E-state index contributed by atoms with van der Waals surface area (Å²) in [5.41, 5.74) is 1.21. The number of benzene rings is 1. The smallest absolute Gasteiger partial charge is 0.404 e. The van der Waals surface area contributed by atoms with Crippen molar-refractivity contribution in [3.8, 4) is 5.75 Å². The molecular formula is C14H23NO4. The highest BCUT2D eigenvalue weighted by atomic mass is 16.4. The van der Waals surface area contributed by atoms with Gasteiger partial charge < -0.3 is 20.6 Å². The summed E-state index contributed by atoms with van der Waals surface area (Å²) >= 11 is 0. The van der Waals surface area contributed by atoms with E-state index in [-0.39, 0.29) is 12.6 Å². The highest BCUT2D eigenvalue weighted by Crippen LogP contribution is 2.11. The Morgan fingerprint density at radius 3 is 2.16 bits per heavy atom. The van der Waals surface area contributed by atoms with Crippen LogP contribution < -0.4 is 5.32 Å². The third-order valence-corrected chi connectivity index (χ3v) is 2.22. The molecule has 0 aliphatic carbocycles. The Morgan fingerprint density at radius 1 is 1.21 bits per heavy atom. The molecule has 19 heavy (non-hydrogen) atoms. The van der Waals surface area contributed by atoms with Gasteiger partial charge >= 0.3 is 6.09 Å². The molecule has 5 heteroatoms. The van der Waals surface area contributed by atoms with Gasteiger partial charge in [0.2, 0.25) is 0 Å². The number of carboxylic acid groups (broad SMARTS) is 1. The number of phenolic OH excluding ortho intramolecular Hbond substituents is 1. The number of aromatic hydroxyl groups is 1. The Labute approximate surface area is 113 Å². The summed E-state index contributed by atoms with van der Waals surface area (Å²) in [4.78, 5) is 9.70. The molecular weight excluding hydrogens is 246 g/mol. The number of aliphatic hydroxyl groups excluding tert-OH is 1. The van der Waals surface area contributed by atoms with Gasteiger partial charge in [0.1, 0.15) is 5.75 Å². The molecule has 0 aliphatic heterocycles. The fourth-order valence-electron chi connectivity index (χ4n) is 1.35. The fourth-order valence-corrected chi connectivity index (χ4v) is 1.35. The van der Waals surface area contributed by atoms with Gasteiger partial charge in [0.25, 0.3) is 0 Å². The molecule has 0 atom stereocenters. The number of rotatable bonds is 5. The Hall–Kier alpha value is -1.75. The Morgan fingerprint density at radius 2 is 1.79 bits per heavy atom. The van der Waals surface area contributed by atoms with E-state index in [0.717, 1.165) is 19.3 Å². The standard InChI is InChI=1S/C10H14O2.C4H9NO2/c11-8-2-1-3-9-4-6-10(12)7-5-9;1-3(2)5-4(6)7/h4-7,11-12H,1-3,8H2;3,5H,1-2H3,(H,6,7). The number of aryl methyl sites for hydroxylation is 1. The second-order valence-electron chi connectivity index (χ2n) is 4.45. The minimum absolute atomic E-state index is 0.0255. The van der Waals surface area contributed by atoms with E-state index in [9.17, 15) is 4.79 Å². The van der Waals surface area contributed by atoms with Crippen molar-refractivity contribution in [1.29, 1.82) is 0 Å². The summed E-state index contributed by atoms with van der Waals surface area (Å²) in [6.07, 6.45) is 1.86. The van der Waals surface area contributed by atoms with Crippen LogP contribution in [0.3, 0.4) is 0 Å². The molecule has 1 amide bonds. The van der Waals surface area contributed by atoms with Gasteiger partial charge in [-0.05, 0) is 50.8 Å². The molecule has 1 aromatic rings. The minimum Gasteiger partial charge on any atom is -0.508 e. The van der Waals surface area contributed by atoms with E-state index in [1.807, 2.05) is 12.1 Å². The monoisotopic (exact) mass is 269 g/mol. The summed E-state index contributed by atoms with van der Waals surface area (Å²) < 4.78 is 0. The van der Waals surface area contributed by atoms with Crippen molar-refractivity contribution in [3.05, 3.63) is 29.8 Å². The van der Waals surface area contributed by atoms with Crippen molar-refractivity contribution in [3.63, 3.8) is 0 Å². The highest BCUT2D eigenvalue weighted by molar-refractivity contribution is 5.64. The van der Waals surface area contributed by atoms with Crippen LogP contribution in [-0.4, -0.2) is 34.1 Å². The molecule has 0 radical (unpaired) electrons. The zero-order chi connectivity index (χ0) is 14.7. The average Bonchev–Trinajstić information content (AvgIpc) is 2.31. The van der Waals surface area contributed by atoms with Gasteiger partial charge in [0.15, 0.2) is 0 Å². The Kier molecular flexibility index (Phi) is 9.26. The molecule has 0 saturated heterocycles. The number of phenols is 1. The van der Waals surface area contributed by atoms with Crippen LogP contribution in [0, 0.1) is 0 Å². The highest BCUT2D eigenvalue weighted by Gasteiger charge is 1.94. The van der Waals surface area contributed by atoms with Crippen molar-refractivity contribution in [1.82, 2.24) is 5.32 Å². The minimum atomic E-state index is -0.963. The first kappa shape index (κ1) is 17.2. The van der Waals surface area contributed by atoms with Crippen molar-refractivity contribution in [2.75, 3.05) is 6.61 Å². The topological polar surface area (TPSA) is 89.8 Å². The van der Waals surface area contributed by atoms with E-state index in [4.69, 9.17) is 15.3 Å². The second kappa shape index (κ2) is 10.2. The van der Waals surface area contributed by atoms with Crippen molar-refractivity contribution < 1.29 is 20.1 Å². The van der Waals surface area contributed by atoms with Crippen molar-refractivity contribution in [2.24, 2.45) is 0 Å². The average molecular weight is 269 g/mol. The van der Waals surface area contributed by atoms with Gasteiger partial charge in [-0.3, -0.25) is 0 Å². The van der Waals surface area contributed by atoms with Gasteiger partial charge in [-0.1, -0.05) is 12.1 Å². The molecule has 0 aromatic heterocycles. The van der Waals surface area contributed by atoms with Gasteiger partial charge in [-0.15, -0.1) is 0 Å². The molecule has 1 aromatic carbocycles. The largest absolute Gasteiger partial charge is 0.508 e. The van der Waals surface area contributed by atoms with Gasteiger partial charge in [-0.25, -0.2) is 4.79 Å². The normalized spacial score (nSPS) is 9.68. The number of hydrogen-bond donors (Lipinski definition) is 4. The number of nitrogens with one attached hydrogen (secondary N) is 1. The first-order chi connectivity index (χ1) is 8.95. The lowest BCUT2D eigenvalue weighted by atomic mass is 10.1. The number of amides is 1. The molecule has 0 heterocycles. The fraction of sp³-hybridized carbons (Fsp3) is 0.500. The lowest BCUT2D eigenvalue weighted by Gasteiger charge is -2.00. The molecule has 0 fully saturated rings. The number of carbonyl (C=O) groups is 1. The Bertz CT molecular complexity index is 349. The molecule has 0 bridgehead atoms. The van der Waals surface area contributed by atoms with E-state index in [1.54, 1.807) is 26.0 Å². The number of aliphatic hydroxyl groups is 1. The first-order valence-corrected chi connectivity index (χ1v) is 6.34. The molecule has 0 unspecified atom stereocenters. The third-order valence-electron chi connectivity index (χ3n) is 2.22. The predicted molar refractivity (Wildman–Crippen MR) is 74.4 cm³/mol. The maximum absolute atomic E-state index is 9.70. The molecule has 5 nitrogen and oxygen atoms in total. The molecule has 0 saturated carbocycles. The Balaban J connectivity index is 0.000000399. The lowest BCUT2D eigenvalue weighted by Crippen LogP contribution is -2.27. The maximum atomic E-state index is 9.70. The van der Waals surface area contributed by atoms with Crippen LogP contribution in [-0.2, 0) is 6.42 Å². The van der Waals surface area contributed by atoms with Gasteiger partial charge in [0, 0.05) is 12.6 Å². The molecule has 108 valence electrons. The summed E-state index contributed by atoms with van der Waals surface area (Å²) in [5.74, 6) is 0.306. The van der Waals surface area contributed by atoms with E-state index in [0.29, 0.717) is 5.75 Å². The SMILES string of the molecule is CC(C)NC(=O)O.OCCCCc1ccc(O)cc1. The van der Waals surface area contributed by atoms with Gasteiger partial charge in [-0.2, -0.15) is 0 Å². The summed E-state index contributed by atoms with van der Waals surface area (Å²) in [6, 6.07) is 7.22. The summed E-state index contributed by atoms with van der Waals surface area (Å²) in [6.45, 7) is 3.81. The molecule has 0 spiro atoms. The van der Waals surface area contributed by atoms with Crippen LogP contribution in [0.2, 0.25) is 0 Å². The summed E-state index contributed by atoms with van der Waals surface area (Å²) in [5, 5.41) is 27.7. The zero-order valence-corrected chi connectivity index (χ0v) is 11.5. The van der Waals surface area contributed by atoms with Gasteiger partial charge in [0.05, 0.1) is 0 Å². The number of unbranched alkanes of at least 4 members (excludes halogenated alkanes) is 1. The third kappa shape index (κ3) is 11.1. The molecule has 0 aliphatic rings. The van der Waals surface area contributed by atoms with Crippen LogP contribution in [0.1, 0.15) is 32.3 Å². The van der Waals surface area contributed by atoms with Crippen LogP contribution in [0.25, 0.3) is 0 Å². The van der Waals surface area contributed by atoms with Crippen molar-refractivity contribution >= 4 is 6.09 Å². The molecule has 1 rings (SSSR count). The predicted octanol–water partition coefficient (Wildman–Crippen LogP) is 2.37. The van der Waals surface area contributed by atoms with Crippen LogP contribution in [0.5, 0.6) is 5.75 Å². The van der Waals surface area contributed by atoms with E-state index in [2.05, 4.69) is 5.32 Å². The maximum Gasteiger partial charge on any atom is 0.404 e. The van der Waals surface area contributed by atoms with Crippen LogP contribution in [0.15, 0.2) is 24.3 Å². The molecule has 4 N–H and O–H groups in total. The van der Waals surface area contributed by atoms with Crippen LogP contribution >= 0.6 is 0 Å². The zero-order valence-electron chi connectivity index (χ0n) is 11.5. The first-order valence-electron chi connectivity index (χ1n) is 6.34. The lowest BCUT2D eigenvalue weighted by molar-refractivity contribution is 0.191. The summed E-state index contributed by atoms with van der Waals surface area (Å²) in [7, 11) is 0. The van der Waals surface area contributed by atoms with Crippen molar-refractivity contribution in [2.45, 2.75) is 39.2 Å².